The summed E-state index contributed by atoms with van der Waals surface area (Å²) in [6, 6.07) is 14.9. The lowest BCUT2D eigenvalue weighted by Crippen LogP contribution is -2.18. The SMILES string of the molecule is COS(=O)(=O)c1cc(C(=O)c2ccc(Oc3ccc(S(=O)(=O)c4ccc(Oc5c(F)c(F)c(C(=O)c6c(F)c(F)c(C)c(F)c6F)c(F)c5F)cc4)cc3)c(CS(=O)(=O)O)c2)ccc1C. The minimum absolute atomic E-state index is 0.0824. The van der Waals surface area contributed by atoms with Crippen LogP contribution in [-0.2, 0) is 40.0 Å². The van der Waals surface area contributed by atoms with Gasteiger partial charge in [-0.05, 0) is 92.2 Å². The van der Waals surface area contributed by atoms with Gasteiger partial charge in [0.1, 0.15) is 34.1 Å². The lowest BCUT2D eigenvalue weighted by Gasteiger charge is -2.14. The smallest absolute Gasteiger partial charge is 0.296 e. The monoisotopic (exact) mass is 970 g/mol. The van der Waals surface area contributed by atoms with Gasteiger partial charge in [-0.3, -0.25) is 18.3 Å². The number of carbonyl (C=O) groups excluding carboxylic acids is 2. The quantitative estimate of drug-likeness (QED) is 0.0360. The van der Waals surface area contributed by atoms with Crippen molar-refractivity contribution in [1.29, 1.82) is 0 Å². The predicted molar refractivity (Wildman–Crippen MR) is 210 cm³/mol. The second kappa shape index (κ2) is 17.8. The van der Waals surface area contributed by atoms with E-state index in [0.29, 0.717) is 6.92 Å². The number of halogens is 8. The van der Waals surface area contributed by atoms with Gasteiger partial charge >= 0.3 is 0 Å². The fourth-order valence-electron chi connectivity index (χ4n) is 6.12. The Labute approximate surface area is 363 Å². The second-order valence-electron chi connectivity index (χ2n) is 13.7. The summed E-state index contributed by atoms with van der Waals surface area (Å²) in [4.78, 5) is 24.9. The van der Waals surface area contributed by atoms with Crippen molar-refractivity contribution in [3.63, 3.8) is 0 Å². The maximum Gasteiger partial charge on any atom is 0.296 e. The van der Waals surface area contributed by atoms with E-state index >= 15 is 17.6 Å². The van der Waals surface area contributed by atoms with Crippen LogP contribution < -0.4 is 9.47 Å². The highest BCUT2D eigenvalue weighted by molar-refractivity contribution is 7.91. The molecular formula is C42H26F8O12S3. The molecule has 0 bridgehead atoms. The van der Waals surface area contributed by atoms with Crippen molar-refractivity contribution in [2.24, 2.45) is 0 Å². The molecule has 0 atom stereocenters. The first-order valence-electron chi connectivity index (χ1n) is 17.9. The van der Waals surface area contributed by atoms with Crippen LogP contribution in [0.2, 0.25) is 0 Å². The van der Waals surface area contributed by atoms with Gasteiger partial charge < -0.3 is 9.47 Å². The molecule has 0 fully saturated rings. The number of hydrogen-bond acceptors (Lipinski definition) is 11. The van der Waals surface area contributed by atoms with Crippen LogP contribution in [0.15, 0.2) is 99.6 Å². The van der Waals surface area contributed by atoms with E-state index < -0.39 is 127 Å². The van der Waals surface area contributed by atoms with Crippen molar-refractivity contribution in [3.05, 3.63) is 170 Å². The van der Waals surface area contributed by atoms with Crippen LogP contribution in [0.25, 0.3) is 0 Å². The molecule has 0 radical (unpaired) electrons. The number of carbonyl (C=O) groups is 2. The van der Waals surface area contributed by atoms with Crippen LogP contribution in [0.5, 0.6) is 23.0 Å². The Hall–Kier alpha value is -6.53. The Morgan fingerprint density at radius 1 is 0.554 bits per heavy atom. The van der Waals surface area contributed by atoms with Crippen molar-refractivity contribution >= 4 is 41.6 Å². The van der Waals surface area contributed by atoms with E-state index in [9.17, 15) is 57.0 Å². The van der Waals surface area contributed by atoms with Crippen molar-refractivity contribution in [1.82, 2.24) is 0 Å². The zero-order valence-electron chi connectivity index (χ0n) is 33.0. The molecule has 0 aliphatic heterocycles. The molecule has 6 rings (SSSR count). The van der Waals surface area contributed by atoms with Crippen molar-refractivity contribution in [2.45, 2.75) is 34.3 Å². The van der Waals surface area contributed by atoms with Gasteiger partial charge in [0.15, 0.2) is 40.7 Å². The lowest BCUT2D eigenvalue weighted by molar-refractivity contribution is 0.101. The first kappa shape index (κ1) is 47.9. The number of rotatable bonds is 14. The molecule has 6 aromatic rings. The Kier molecular flexibility index (Phi) is 13.1. The van der Waals surface area contributed by atoms with Gasteiger partial charge in [-0.2, -0.15) is 25.6 Å². The van der Waals surface area contributed by atoms with Crippen molar-refractivity contribution < 1.29 is 88.2 Å². The number of hydrogen-bond donors (Lipinski definition) is 1. The fraction of sp³-hybridized carbons (Fsp3) is 0.0952. The summed E-state index contributed by atoms with van der Waals surface area (Å²) in [5.41, 5.74) is -5.88. The molecule has 0 aliphatic rings. The van der Waals surface area contributed by atoms with Gasteiger partial charge in [0, 0.05) is 22.3 Å². The van der Waals surface area contributed by atoms with Crippen LogP contribution in [0, 0.1) is 60.4 Å². The van der Waals surface area contributed by atoms with Crippen LogP contribution >= 0.6 is 0 Å². The number of aryl methyl sites for hydroxylation is 1. The van der Waals surface area contributed by atoms with E-state index in [1.807, 2.05) is 0 Å². The summed E-state index contributed by atoms with van der Waals surface area (Å²) >= 11 is 0. The number of benzene rings is 6. The van der Waals surface area contributed by atoms with Gasteiger partial charge in [0.05, 0.1) is 21.8 Å². The van der Waals surface area contributed by atoms with Crippen LogP contribution in [0.3, 0.4) is 0 Å². The second-order valence-corrected chi connectivity index (χ2v) is 18.8. The zero-order chi connectivity index (χ0) is 48.1. The molecule has 1 N–H and O–H groups in total. The summed E-state index contributed by atoms with van der Waals surface area (Å²) in [6.45, 7) is 2.05. The normalized spacial score (nSPS) is 12.0. The largest absolute Gasteiger partial charge is 0.457 e. The highest BCUT2D eigenvalue weighted by atomic mass is 32.2. The van der Waals surface area contributed by atoms with Gasteiger partial charge in [-0.25, -0.2) is 34.8 Å². The van der Waals surface area contributed by atoms with E-state index in [2.05, 4.69) is 4.18 Å². The van der Waals surface area contributed by atoms with Crippen molar-refractivity contribution in [2.75, 3.05) is 7.11 Å². The minimum Gasteiger partial charge on any atom is -0.457 e. The summed E-state index contributed by atoms with van der Waals surface area (Å²) < 4.78 is 217. The van der Waals surface area contributed by atoms with E-state index in [0.717, 1.165) is 67.8 Å². The molecule has 0 spiro atoms. The van der Waals surface area contributed by atoms with Crippen LogP contribution in [-0.4, -0.2) is 48.5 Å². The van der Waals surface area contributed by atoms with E-state index in [1.165, 1.54) is 31.2 Å². The minimum atomic E-state index is -4.74. The van der Waals surface area contributed by atoms with E-state index in [4.69, 9.17) is 9.47 Å². The summed E-state index contributed by atoms with van der Waals surface area (Å²) in [5.74, 6) is -26.0. The maximum atomic E-state index is 15.1. The Morgan fingerprint density at radius 3 is 1.48 bits per heavy atom. The zero-order valence-corrected chi connectivity index (χ0v) is 35.4. The molecule has 6 aromatic carbocycles. The van der Waals surface area contributed by atoms with Crippen LogP contribution in [0.1, 0.15) is 48.5 Å². The number of ketones is 2. The maximum absolute atomic E-state index is 15.1. The molecule has 0 aromatic heterocycles. The molecule has 0 amide bonds. The molecule has 0 saturated carbocycles. The van der Waals surface area contributed by atoms with Gasteiger partial charge in [-0.1, -0.05) is 12.1 Å². The molecule has 65 heavy (non-hydrogen) atoms. The Morgan fingerprint density at radius 2 is 1.00 bits per heavy atom. The summed E-state index contributed by atoms with van der Waals surface area (Å²) in [5, 5.41) is 0. The lowest BCUT2D eigenvalue weighted by atomic mass is 9.98. The molecule has 0 saturated heterocycles. The molecule has 23 heteroatoms. The van der Waals surface area contributed by atoms with E-state index in [-0.39, 0.29) is 43.5 Å². The fourth-order valence-corrected chi connectivity index (χ4v) is 8.91. The van der Waals surface area contributed by atoms with Crippen LogP contribution in [0.4, 0.5) is 35.1 Å². The third-order valence-corrected chi connectivity index (χ3v) is 13.4. The summed E-state index contributed by atoms with van der Waals surface area (Å²) in [6.07, 6.45) is 0. The van der Waals surface area contributed by atoms with Crippen molar-refractivity contribution in [3.8, 4) is 23.0 Å². The van der Waals surface area contributed by atoms with Gasteiger partial charge in [-0.15, -0.1) is 0 Å². The van der Waals surface area contributed by atoms with E-state index in [1.54, 1.807) is 0 Å². The Bertz CT molecular complexity index is 3250. The number of sulfone groups is 1. The third kappa shape index (κ3) is 9.36. The number of ether oxygens (including phenoxy) is 2. The highest BCUT2D eigenvalue weighted by Crippen LogP contribution is 2.37. The molecular weight excluding hydrogens is 945 g/mol. The average molecular weight is 971 g/mol. The first-order valence-corrected chi connectivity index (χ1v) is 22.4. The highest BCUT2D eigenvalue weighted by Gasteiger charge is 2.36. The predicted octanol–water partition coefficient (Wildman–Crippen LogP) is 9.02. The summed E-state index contributed by atoms with van der Waals surface area (Å²) in [7, 11) is -12.4. The molecule has 12 nitrogen and oxygen atoms in total. The first-order chi connectivity index (χ1) is 30.3. The topological polar surface area (TPSA) is 184 Å². The average Bonchev–Trinajstić information content (AvgIpc) is 3.26. The molecule has 0 unspecified atom stereocenters. The molecule has 0 heterocycles. The molecule has 340 valence electrons. The van der Waals surface area contributed by atoms with Gasteiger partial charge in [0.25, 0.3) is 20.2 Å². The standard InChI is InChI=1S/C42H26F8O12S3/c1-19-4-5-22(17-29(19)65(58,59)60-3)40(51)21-6-15-28(23(16-21)18-63(53,54)55)61-24-7-11-26(12-8-24)64(56,57)27-13-9-25(10-14-27)62-42-38(49)36(47)31(37(48)39(42)50)41(52)30-34(45)32(43)20(2)33(44)35(30)46/h4-17H,18H2,1-3H3,(H,53,54,55). The van der Waals surface area contributed by atoms with Gasteiger partial charge in [0.2, 0.25) is 33.0 Å². The molecule has 0 aliphatic carbocycles. The Balaban J connectivity index is 1.22. The third-order valence-electron chi connectivity index (χ3n) is 9.48.